The molecule has 0 saturated carbocycles. The summed E-state index contributed by atoms with van der Waals surface area (Å²) in [6, 6.07) is -0.177. The lowest BCUT2D eigenvalue weighted by Gasteiger charge is -2.39. The van der Waals surface area contributed by atoms with E-state index in [1.165, 1.54) is 0 Å². The van der Waals surface area contributed by atoms with Crippen LogP contribution in [0.25, 0.3) is 0 Å². The zero-order chi connectivity index (χ0) is 15.0. The molecule has 0 aromatic carbocycles. The molecule has 0 aromatic heterocycles. The number of carboxylic acids is 1. The number of amides is 2. The summed E-state index contributed by atoms with van der Waals surface area (Å²) < 4.78 is 0. The Morgan fingerprint density at radius 3 is 2.80 bits per heavy atom. The van der Waals surface area contributed by atoms with E-state index in [1.807, 2.05) is 6.92 Å². The lowest BCUT2D eigenvalue weighted by molar-refractivity contribution is -0.152. The lowest BCUT2D eigenvalue weighted by Crippen LogP contribution is -2.52. The van der Waals surface area contributed by atoms with Gasteiger partial charge in [-0.15, -0.1) is 11.8 Å². The van der Waals surface area contributed by atoms with Gasteiger partial charge in [-0.25, -0.2) is 4.79 Å². The van der Waals surface area contributed by atoms with Crippen molar-refractivity contribution >= 4 is 12.0 Å². The van der Waals surface area contributed by atoms with E-state index < -0.39 is 11.4 Å². The first-order valence-electron chi connectivity index (χ1n) is 7.21. The number of likely N-dealkylation sites (tertiary alicyclic amines) is 1. The van der Waals surface area contributed by atoms with Gasteiger partial charge in [-0.1, -0.05) is 13.3 Å². The molecular weight excluding hydrogens is 256 g/mol. The number of aliphatic carboxylic acids is 1. The fourth-order valence-corrected chi connectivity index (χ4v) is 2.74. The average molecular weight is 280 g/mol. The molecule has 0 aromatic rings. The smallest absolute Gasteiger partial charge is 0.317 e. The van der Waals surface area contributed by atoms with Crippen molar-refractivity contribution in [2.45, 2.75) is 46.0 Å². The molecule has 112 valence electrons. The van der Waals surface area contributed by atoms with E-state index in [9.17, 15) is 14.7 Å². The van der Waals surface area contributed by atoms with Gasteiger partial charge in [0.15, 0.2) is 0 Å². The molecule has 2 amide bonds. The van der Waals surface area contributed by atoms with Crippen LogP contribution in [0.5, 0.6) is 0 Å². The number of carbonyl (C=O) groups excluding carboxylic acids is 1. The van der Waals surface area contributed by atoms with Crippen molar-refractivity contribution in [2.75, 3.05) is 19.6 Å². The van der Waals surface area contributed by atoms with E-state index in [2.05, 4.69) is 17.2 Å². The Hall–Kier alpha value is -1.70. The number of rotatable bonds is 5. The highest BCUT2D eigenvalue weighted by atomic mass is 16.4. The zero-order valence-corrected chi connectivity index (χ0v) is 12.4. The van der Waals surface area contributed by atoms with Gasteiger partial charge in [0, 0.05) is 26.1 Å². The van der Waals surface area contributed by atoms with E-state index in [0.717, 1.165) is 12.8 Å². The summed E-state index contributed by atoms with van der Waals surface area (Å²) in [5.41, 5.74) is -0.770. The highest BCUT2D eigenvalue weighted by molar-refractivity contribution is 5.78. The summed E-state index contributed by atoms with van der Waals surface area (Å²) in [7, 11) is 0. The quantitative estimate of drug-likeness (QED) is 0.598. The first-order valence-corrected chi connectivity index (χ1v) is 7.21. The number of hydrogen-bond acceptors (Lipinski definition) is 2. The fourth-order valence-electron chi connectivity index (χ4n) is 2.74. The van der Waals surface area contributed by atoms with Gasteiger partial charge in [0.05, 0.1) is 5.41 Å². The Balaban J connectivity index is 2.59. The molecule has 0 radical (unpaired) electrons. The molecule has 0 bridgehead atoms. The molecule has 1 rings (SSSR count). The average Bonchev–Trinajstić information content (AvgIpc) is 2.44. The van der Waals surface area contributed by atoms with Crippen molar-refractivity contribution < 1.29 is 14.7 Å². The molecule has 1 heterocycles. The monoisotopic (exact) mass is 280 g/mol. The molecule has 5 heteroatoms. The first-order chi connectivity index (χ1) is 9.55. The van der Waals surface area contributed by atoms with Gasteiger partial charge in [0.25, 0.3) is 0 Å². The van der Waals surface area contributed by atoms with Gasteiger partial charge in [-0.3, -0.25) is 4.79 Å². The van der Waals surface area contributed by atoms with Gasteiger partial charge in [-0.2, -0.15) is 0 Å². The first kappa shape index (κ1) is 16.4. The van der Waals surface area contributed by atoms with Crippen molar-refractivity contribution in [3.63, 3.8) is 0 Å². The fraction of sp³-hybridized carbons (Fsp3) is 0.733. The molecule has 1 unspecified atom stereocenters. The van der Waals surface area contributed by atoms with Gasteiger partial charge in [-0.05, 0) is 26.2 Å². The number of piperidine rings is 1. The number of hydrogen-bond donors (Lipinski definition) is 2. The third-order valence-corrected chi connectivity index (χ3v) is 3.75. The molecule has 0 spiro atoms. The maximum atomic E-state index is 12.0. The zero-order valence-electron chi connectivity index (χ0n) is 12.4. The van der Waals surface area contributed by atoms with Crippen molar-refractivity contribution in [1.82, 2.24) is 10.2 Å². The topological polar surface area (TPSA) is 69.6 Å². The second-order valence-electron chi connectivity index (χ2n) is 5.27. The minimum atomic E-state index is -0.784. The Bertz CT molecular complexity index is 407. The van der Waals surface area contributed by atoms with E-state index in [-0.39, 0.29) is 6.03 Å². The van der Waals surface area contributed by atoms with Gasteiger partial charge < -0.3 is 15.3 Å². The molecule has 2 N–H and O–H groups in total. The van der Waals surface area contributed by atoms with E-state index in [4.69, 9.17) is 0 Å². The van der Waals surface area contributed by atoms with E-state index in [0.29, 0.717) is 38.9 Å². The molecular formula is C15H24N2O3. The largest absolute Gasteiger partial charge is 0.481 e. The minimum Gasteiger partial charge on any atom is -0.481 e. The number of urea groups is 1. The molecule has 1 atom stereocenters. The molecule has 1 saturated heterocycles. The Morgan fingerprint density at radius 2 is 2.20 bits per heavy atom. The lowest BCUT2D eigenvalue weighted by atomic mass is 9.76. The molecule has 0 aliphatic carbocycles. The highest BCUT2D eigenvalue weighted by Crippen LogP contribution is 2.35. The summed E-state index contributed by atoms with van der Waals surface area (Å²) in [6.45, 7) is 5.18. The summed E-state index contributed by atoms with van der Waals surface area (Å²) >= 11 is 0. The van der Waals surface area contributed by atoms with Crippen LogP contribution in [0.2, 0.25) is 0 Å². The third-order valence-electron chi connectivity index (χ3n) is 3.75. The third kappa shape index (κ3) is 4.16. The summed E-state index contributed by atoms with van der Waals surface area (Å²) in [5, 5.41) is 12.3. The van der Waals surface area contributed by atoms with Crippen molar-refractivity contribution in [1.29, 1.82) is 0 Å². The Labute approximate surface area is 120 Å². The summed E-state index contributed by atoms with van der Waals surface area (Å²) in [5.74, 6) is 4.87. The number of nitrogens with zero attached hydrogens (tertiary/aromatic N) is 1. The molecule has 1 aliphatic heterocycles. The van der Waals surface area contributed by atoms with Crippen LogP contribution in [0, 0.1) is 17.3 Å². The number of nitrogens with one attached hydrogen (secondary N) is 1. The minimum absolute atomic E-state index is 0.177. The van der Waals surface area contributed by atoms with Crippen LogP contribution in [0.15, 0.2) is 0 Å². The normalized spacial score (nSPS) is 21.8. The summed E-state index contributed by atoms with van der Waals surface area (Å²) in [6.07, 6.45) is 3.45. The van der Waals surface area contributed by atoms with E-state index >= 15 is 0 Å². The molecule has 1 fully saturated rings. The van der Waals surface area contributed by atoms with E-state index in [1.54, 1.807) is 11.8 Å². The Morgan fingerprint density at radius 1 is 1.45 bits per heavy atom. The number of carbonyl (C=O) groups is 2. The van der Waals surface area contributed by atoms with Crippen LogP contribution in [0.1, 0.15) is 46.0 Å². The number of carboxylic acid groups (broad SMARTS) is 1. The molecule has 1 aliphatic rings. The van der Waals surface area contributed by atoms with Crippen LogP contribution in [0.3, 0.4) is 0 Å². The predicted octanol–water partition coefficient (Wildman–Crippen LogP) is 2.08. The molecule has 5 nitrogen and oxygen atoms in total. The van der Waals surface area contributed by atoms with Crippen molar-refractivity contribution in [3.8, 4) is 11.8 Å². The van der Waals surface area contributed by atoms with Crippen LogP contribution in [0.4, 0.5) is 4.79 Å². The van der Waals surface area contributed by atoms with Crippen molar-refractivity contribution in [3.05, 3.63) is 0 Å². The van der Waals surface area contributed by atoms with Gasteiger partial charge in [0.1, 0.15) is 0 Å². The maximum absolute atomic E-state index is 12.0. The highest BCUT2D eigenvalue weighted by Gasteiger charge is 2.42. The maximum Gasteiger partial charge on any atom is 0.317 e. The predicted molar refractivity (Wildman–Crippen MR) is 77.2 cm³/mol. The summed E-state index contributed by atoms with van der Waals surface area (Å²) in [4.78, 5) is 25.2. The van der Waals surface area contributed by atoms with Gasteiger partial charge >= 0.3 is 12.0 Å². The standard InChI is InChI=1S/C15H24N2O3/c1-3-5-6-10-16-14(20)17-11-7-9-15(12-17,8-4-2)13(18)19/h4,6-12H2,1-2H3,(H,16,20)(H,18,19). The second-order valence-corrected chi connectivity index (χ2v) is 5.27. The van der Waals surface area contributed by atoms with Crippen molar-refractivity contribution in [2.24, 2.45) is 5.41 Å². The van der Waals surface area contributed by atoms with Crippen LogP contribution < -0.4 is 5.32 Å². The second kappa shape index (κ2) is 7.78. The van der Waals surface area contributed by atoms with Crippen LogP contribution >= 0.6 is 0 Å². The van der Waals surface area contributed by atoms with Gasteiger partial charge in [0.2, 0.25) is 0 Å². The Kier molecular flexibility index (Phi) is 6.37. The van der Waals surface area contributed by atoms with Crippen LogP contribution in [-0.2, 0) is 4.79 Å². The SMILES string of the molecule is CC#CCCNC(=O)N1CCCC(CCC)(C(=O)O)C1. The molecule has 20 heavy (non-hydrogen) atoms. The van der Waals surface area contributed by atoms with Crippen LogP contribution in [-0.4, -0.2) is 41.6 Å².